The smallest absolute Gasteiger partial charge is 0.254 e. The van der Waals surface area contributed by atoms with Crippen LogP contribution in [0.1, 0.15) is 32.4 Å². The lowest BCUT2D eigenvalue weighted by Crippen LogP contribution is -2.48. The van der Waals surface area contributed by atoms with Crippen molar-refractivity contribution >= 4 is 39.1 Å². The molecule has 2 aromatic carbocycles. The van der Waals surface area contributed by atoms with Crippen LogP contribution < -0.4 is 4.74 Å². The minimum atomic E-state index is -0.205. The second-order valence-electron chi connectivity index (χ2n) is 8.51. The molecule has 1 aliphatic heterocycles. The predicted octanol–water partition coefficient (Wildman–Crippen LogP) is 5.11. The Morgan fingerprint density at radius 1 is 1.17 bits per heavy atom. The Hall–Kier alpha value is -2.68. The average molecular weight is 558 g/mol. The molecule has 0 radical (unpaired) electrons. The minimum Gasteiger partial charge on any atom is -0.491 e. The van der Waals surface area contributed by atoms with Crippen molar-refractivity contribution in [2.24, 2.45) is 0 Å². The Morgan fingerprint density at radius 3 is 2.71 bits per heavy atom. The number of halogens is 1. The molecule has 1 aromatic heterocycles. The van der Waals surface area contributed by atoms with E-state index in [4.69, 9.17) is 9.47 Å². The van der Waals surface area contributed by atoms with Crippen LogP contribution in [0.5, 0.6) is 5.75 Å². The lowest BCUT2D eigenvalue weighted by molar-refractivity contribution is -0.135. The second-order valence-corrected chi connectivity index (χ2v) is 10.4. The number of fused-ring (bicyclic) bond motifs is 1. The highest BCUT2D eigenvalue weighted by atomic mass is 79.9. The normalized spacial score (nSPS) is 14.9. The number of hydrogen-bond acceptors (Lipinski definition) is 5. The van der Waals surface area contributed by atoms with E-state index >= 15 is 0 Å². The number of nitrogens with zero attached hydrogens (tertiary/aromatic N) is 2. The van der Waals surface area contributed by atoms with Gasteiger partial charge in [0.25, 0.3) is 5.91 Å². The van der Waals surface area contributed by atoms with Gasteiger partial charge >= 0.3 is 0 Å². The number of rotatable bonds is 9. The first-order chi connectivity index (χ1) is 17.0. The third-order valence-electron chi connectivity index (χ3n) is 6.09. The Morgan fingerprint density at radius 2 is 1.97 bits per heavy atom. The van der Waals surface area contributed by atoms with Crippen molar-refractivity contribution in [3.8, 4) is 5.75 Å². The highest BCUT2D eigenvalue weighted by molar-refractivity contribution is 9.10. The summed E-state index contributed by atoms with van der Waals surface area (Å²) in [5, 5.41) is 2.07. The van der Waals surface area contributed by atoms with Gasteiger partial charge in [0.2, 0.25) is 5.91 Å². The first-order valence-electron chi connectivity index (χ1n) is 11.5. The van der Waals surface area contributed by atoms with Gasteiger partial charge in [-0.2, -0.15) is 0 Å². The van der Waals surface area contributed by atoms with Gasteiger partial charge in [0.1, 0.15) is 18.9 Å². The maximum Gasteiger partial charge on any atom is 0.254 e. The van der Waals surface area contributed by atoms with Crippen molar-refractivity contribution in [1.82, 2.24) is 9.80 Å². The van der Waals surface area contributed by atoms with Gasteiger partial charge < -0.3 is 19.3 Å². The molecule has 0 unspecified atom stereocenters. The summed E-state index contributed by atoms with van der Waals surface area (Å²) in [5.74, 6) is 0.480. The summed E-state index contributed by atoms with van der Waals surface area (Å²) in [6.45, 7) is 3.65. The van der Waals surface area contributed by atoms with Crippen molar-refractivity contribution in [2.75, 3.05) is 40.0 Å². The molecule has 0 saturated carbocycles. The molecular weight excluding hydrogens is 528 g/mol. The maximum atomic E-state index is 13.6. The van der Waals surface area contributed by atoms with E-state index in [2.05, 4.69) is 27.4 Å². The molecule has 35 heavy (non-hydrogen) atoms. The number of hydrogen-bond donors (Lipinski definition) is 0. The molecule has 2 heterocycles. The lowest BCUT2D eigenvalue weighted by Gasteiger charge is -2.37. The van der Waals surface area contributed by atoms with E-state index in [1.807, 2.05) is 48.2 Å². The Kier molecular flexibility index (Phi) is 8.59. The number of methoxy groups -OCH3 is 1. The van der Waals surface area contributed by atoms with Crippen LogP contribution in [-0.4, -0.2) is 61.6 Å². The van der Waals surface area contributed by atoms with Gasteiger partial charge in [0.05, 0.1) is 12.6 Å². The van der Waals surface area contributed by atoms with Crippen molar-refractivity contribution in [2.45, 2.75) is 19.4 Å². The molecular formula is C27H29BrN2O4S. The number of carbonyl (C=O) groups is 2. The van der Waals surface area contributed by atoms with Crippen molar-refractivity contribution < 1.29 is 19.1 Å². The summed E-state index contributed by atoms with van der Waals surface area (Å²) in [6, 6.07) is 17.0. The summed E-state index contributed by atoms with van der Waals surface area (Å²) in [4.78, 5) is 31.6. The molecule has 0 saturated heterocycles. The van der Waals surface area contributed by atoms with Crippen LogP contribution in [0.2, 0.25) is 0 Å². The van der Waals surface area contributed by atoms with E-state index in [9.17, 15) is 9.59 Å². The Bertz CT molecular complexity index is 1160. The van der Waals surface area contributed by atoms with Crippen molar-refractivity contribution in [3.05, 3.63) is 86.0 Å². The number of ether oxygens (including phenoxy) is 2. The highest BCUT2D eigenvalue weighted by Crippen LogP contribution is 2.34. The second kappa shape index (κ2) is 11.8. The summed E-state index contributed by atoms with van der Waals surface area (Å²) in [6.07, 6.45) is 0.803. The van der Waals surface area contributed by atoms with Crippen molar-refractivity contribution in [3.63, 3.8) is 0 Å². The number of amides is 2. The summed E-state index contributed by atoms with van der Waals surface area (Å²) < 4.78 is 12.1. The van der Waals surface area contributed by atoms with Gasteiger partial charge in [0.15, 0.2) is 0 Å². The molecule has 4 rings (SSSR count). The molecule has 8 heteroatoms. The molecule has 1 aliphatic rings. The fourth-order valence-corrected chi connectivity index (χ4v) is 5.52. The van der Waals surface area contributed by atoms with Gasteiger partial charge in [-0.3, -0.25) is 9.59 Å². The molecule has 0 fully saturated rings. The van der Waals surface area contributed by atoms with Crippen LogP contribution in [-0.2, 0) is 16.0 Å². The summed E-state index contributed by atoms with van der Waals surface area (Å²) in [7, 11) is 1.59. The fourth-order valence-electron chi connectivity index (χ4n) is 4.20. The molecule has 0 N–H and O–H groups in total. The van der Waals surface area contributed by atoms with Crippen LogP contribution in [0.25, 0.3) is 0 Å². The molecule has 0 bridgehead atoms. The maximum absolute atomic E-state index is 13.6. The van der Waals surface area contributed by atoms with E-state index in [1.165, 1.54) is 10.4 Å². The van der Waals surface area contributed by atoms with E-state index in [1.54, 1.807) is 35.5 Å². The topological polar surface area (TPSA) is 59.1 Å². The SMILES string of the molecule is COCCN(CC(=O)N1CCc2sccc2[C@H]1COc1ccc(C)cc1)C(=O)c1cccc(Br)c1. The molecule has 0 spiro atoms. The van der Waals surface area contributed by atoms with Crippen LogP contribution in [0.3, 0.4) is 0 Å². The number of carbonyl (C=O) groups excluding carboxylic acids is 2. The molecule has 184 valence electrons. The largest absolute Gasteiger partial charge is 0.491 e. The zero-order valence-corrected chi connectivity index (χ0v) is 22.3. The molecule has 2 amide bonds. The standard InChI is InChI=1S/C27H29BrN2O4S/c1-19-6-8-22(9-7-19)34-18-24-23-11-15-35-25(23)10-12-30(24)26(31)17-29(13-14-33-2)27(32)20-4-3-5-21(28)16-20/h3-9,11,15-16,24H,10,12-14,17-18H2,1-2H3/t24-/m1/s1. The third-order valence-corrected chi connectivity index (χ3v) is 7.58. The monoisotopic (exact) mass is 556 g/mol. The van der Waals surface area contributed by atoms with Crippen LogP contribution in [0.4, 0.5) is 0 Å². The van der Waals surface area contributed by atoms with Gasteiger partial charge in [-0.05, 0) is 60.7 Å². The fraction of sp³-hybridized carbons (Fsp3) is 0.333. The number of aryl methyl sites for hydroxylation is 1. The predicted molar refractivity (Wildman–Crippen MR) is 141 cm³/mol. The molecule has 6 nitrogen and oxygen atoms in total. The summed E-state index contributed by atoms with van der Waals surface area (Å²) in [5.41, 5.74) is 2.82. The van der Waals surface area contributed by atoms with Crippen LogP contribution in [0.15, 0.2) is 64.5 Å². The first-order valence-corrected chi connectivity index (χ1v) is 13.2. The van der Waals surface area contributed by atoms with E-state index in [0.717, 1.165) is 22.2 Å². The highest BCUT2D eigenvalue weighted by Gasteiger charge is 2.33. The van der Waals surface area contributed by atoms with Crippen LogP contribution in [0, 0.1) is 6.92 Å². The summed E-state index contributed by atoms with van der Waals surface area (Å²) >= 11 is 5.14. The van der Waals surface area contributed by atoms with Gasteiger partial charge in [0, 0.05) is 35.1 Å². The Balaban J connectivity index is 1.52. The van der Waals surface area contributed by atoms with Crippen molar-refractivity contribution in [1.29, 1.82) is 0 Å². The lowest BCUT2D eigenvalue weighted by atomic mass is 10.0. The first kappa shape index (κ1) is 25.4. The average Bonchev–Trinajstić information content (AvgIpc) is 3.34. The minimum absolute atomic E-state index is 0.0186. The quantitative estimate of drug-likeness (QED) is 0.367. The number of benzene rings is 2. The molecule has 3 aromatic rings. The van der Waals surface area contributed by atoms with Gasteiger partial charge in [-0.1, -0.05) is 39.7 Å². The zero-order valence-electron chi connectivity index (χ0n) is 19.9. The van der Waals surface area contributed by atoms with Crippen LogP contribution >= 0.6 is 27.3 Å². The van der Waals surface area contributed by atoms with E-state index < -0.39 is 0 Å². The third kappa shape index (κ3) is 6.31. The van der Waals surface area contributed by atoms with Gasteiger partial charge in [-0.15, -0.1) is 11.3 Å². The molecule has 1 atom stereocenters. The number of thiophene rings is 1. The zero-order chi connectivity index (χ0) is 24.8. The van der Waals surface area contributed by atoms with E-state index in [0.29, 0.717) is 31.9 Å². The Labute approximate surface area is 218 Å². The van der Waals surface area contributed by atoms with Gasteiger partial charge in [-0.25, -0.2) is 0 Å². The molecule has 0 aliphatic carbocycles. The van der Waals surface area contributed by atoms with E-state index in [-0.39, 0.29) is 24.4 Å².